The summed E-state index contributed by atoms with van der Waals surface area (Å²) < 4.78 is 17.1. The second-order valence-corrected chi connectivity index (χ2v) is 8.41. The summed E-state index contributed by atoms with van der Waals surface area (Å²) in [5.41, 5.74) is 2.47. The van der Waals surface area contributed by atoms with E-state index >= 15 is 0 Å². The lowest BCUT2D eigenvalue weighted by molar-refractivity contribution is -0.124. The van der Waals surface area contributed by atoms with Gasteiger partial charge in [0.05, 0.1) is 0 Å². The second kappa shape index (κ2) is 12.5. The van der Waals surface area contributed by atoms with Gasteiger partial charge in [0.1, 0.15) is 24.2 Å². The Labute approximate surface area is 191 Å². The number of amides is 1. The molecular formula is C26H36N2O4. The van der Waals surface area contributed by atoms with Crippen molar-refractivity contribution in [3.63, 3.8) is 0 Å². The molecule has 1 N–H and O–H groups in total. The lowest BCUT2D eigenvalue weighted by Crippen LogP contribution is -2.48. The Morgan fingerprint density at radius 3 is 2.28 bits per heavy atom. The first-order chi connectivity index (χ1) is 15.6. The van der Waals surface area contributed by atoms with Crippen molar-refractivity contribution in [3.05, 3.63) is 59.7 Å². The van der Waals surface area contributed by atoms with E-state index in [1.165, 1.54) is 11.1 Å². The van der Waals surface area contributed by atoms with Crippen LogP contribution < -0.4 is 14.8 Å². The maximum Gasteiger partial charge on any atom is 0.258 e. The van der Waals surface area contributed by atoms with Crippen LogP contribution in [0.25, 0.3) is 0 Å². The number of carbonyl (C=O) groups is 1. The highest BCUT2D eigenvalue weighted by Gasteiger charge is 2.23. The number of benzene rings is 2. The third kappa shape index (κ3) is 7.84. The molecule has 1 unspecified atom stereocenters. The summed E-state index contributed by atoms with van der Waals surface area (Å²) in [6.07, 6.45) is 2.85. The summed E-state index contributed by atoms with van der Waals surface area (Å²) in [4.78, 5) is 14.6. The molecule has 1 aliphatic rings. The van der Waals surface area contributed by atoms with Crippen molar-refractivity contribution < 1.29 is 19.0 Å². The third-order valence-corrected chi connectivity index (χ3v) is 5.91. The minimum absolute atomic E-state index is 0.00920. The van der Waals surface area contributed by atoms with Gasteiger partial charge in [0, 0.05) is 32.8 Å². The van der Waals surface area contributed by atoms with Crippen molar-refractivity contribution in [1.82, 2.24) is 10.2 Å². The predicted octanol–water partition coefficient (Wildman–Crippen LogP) is 3.61. The monoisotopic (exact) mass is 440 g/mol. The van der Waals surface area contributed by atoms with E-state index in [2.05, 4.69) is 24.1 Å². The molecule has 1 fully saturated rings. The Balaban J connectivity index is 1.33. The smallest absolute Gasteiger partial charge is 0.258 e. The average Bonchev–Trinajstić information content (AvgIpc) is 2.83. The molecule has 1 amide bonds. The van der Waals surface area contributed by atoms with Gasteiger partial charge < -0.3 is 24.4 Å². The number of likely N-dealkylation sites (tertiary alicyclic amines) is 1. The van der Waals surface area contributed by atoms with Crippen molar-refractivity contribution in [2.75, 3.05) is 40.0 Å². The van der Waals surface area contributed by atoms with Crippen LogP contribution in [0.2, 0.25) is 0 Å². The molecule has 2 aromatic rings. The van der Waals surface area contributed by atoms with E-state index in [4.69, 9.17) is 14.2 Å². The molecule has 1 heterocycles. The number of piperidine rings is 1. The number of nitrogens with one attached hydrogen (secondary N) is 1. The topological polar surface area (TPSA) is 60.0 Å². The molecule has 0 radical (unpaired) electrons. The van der Waals surface area contributed by atoms with Gasteiger partial charge in [-0.3, -0.25) is 4.79 Å². The number of hydrogen-bond donors (Lipinski definition) is 1. The first-order valence-electron chi connectivity index (χ1n) is 11.5. The molecule has 0 aliphatic carbocycles. The van der Waals surface area contributed by atoms with Crippen LogP contribution in [0.3, 0.4) is 0 Å². The number of aryl methyl sites for hydroxylation is 2. The van der Waals surface area contributed by atoms with Gasteiger partial charge in [-0.05, 0) is 56.0 Å². The van der Waals surface area contributed by atoms with Crippen LogP contribution in [-0.4, -0.2) is 62.9 Å². The van der Waals surface area contributed by atoms with Gasteiger partial charge in [0.15, 0.2) is 6.61 Å². The minimum Gasteiger partial charge on any atom is -0.491 e. The lowest BCUT2D eigenvalue weighted by atomic mass is 10.0. The largest absolute Gasteiger partial charge is 0.491 e. The molecule has 1 atom stereocenters. The van der Waals surface area contributed by atoms with Crippen LogP contribution in [-0.2, 0) is 16.0 Å². The van der Waals surface area contributed by atoms with Gasteiger partial charge >= 0.3 is 0 Å². The fraction of sp³-hybridized carbons (Fsp3) is 0.500. The van der Waals surface area contributed by atoms with Crippen molar-refractivity contribution in [3.8, 4) is 11.5 Å². The maximum absolute atomic E-state index is 12.3. The molecule has 1 saturated heterocycles. The van der Waals surface area contributed by atoms with Gasteiger partial charge in [-0.1, -0.05) is 36.8 Å². The van der Waals surface area contributed by atoms with E-state index in [-0.39, 0.29) is 24.7 Å². The summed E-state index contributed by atoms with van der Waals surface area (Å²) in [6.45, 7) is 7.42. The fourth-order valence-corrected chi connectivity index (χ4v) is 3.81. The summed E-state index contributed by atoms with van der Waals surface area (Å²) in [5, 5.41) is 3.10. The van der Waals surface area contributed by atoms with E-state index in [0.29, 0.717) is 6.61 Å². The molecule has 3 rings (SSSR count). The van der Waals surface area contributed by atoms with Crippen LogP contribution in [0.5, 0.6) is 11.5 Å². The quantitative estimate of drug-likeness (QED) is 0.578. The highest BCUT2D eigenvalue weighted by Crippen LogP contribution is 2.15. The predicted molar refractivity (Wildman–Crippen MR) is 126 cm³/mol. The summed E-state index contributed by atoms with van der Waals surface area (Å²) >= 11 is 0. The first-order valence-corrected chi connectivity index (χ1v) is 11.5. The lowest BCUT2D eigenvalue weighted by Gasteiger charge is -2.34. The molecule has 0 bridgehead atoms. The highest BCUT2D eigenvalue weighted by molar-refractivity contribution is 5.77. The summed E-state index contributed by atoms with van der Waals surface area (Å²) in [7, 11) is 1.73. The zero-order valence-electron chi connectivity index (χ0n) is 19.5. The van der Waals surface area contributed by atoms with Crippen molar-refractivity contribution in [1.29, 1.82) is 0 Å². The molecule has 2 aromatic carbocycles. The number of ether oxygens (including phenoxy) is 3. The number of carbonyl (C=O) groups excluding carboxylic acids is 1. The van der Waals surface area contributed by atoms with Crippen LogP contribution in [0, 0.1) is 6.92 Å². The first kappa shape index (κ1) is 24.1. The van der Waals surface area contributed by atoms with Crippen LogP contribution >= 0.6 is 0 Å². The standard InChI is InChI=1S/C26H36N2O4/c1-4-21-7-11-24(12-8-21)32-19-26(29)27-22-13-15-28(16-14-22)17-25(30-3)18-31-23-9-5-20(2)6-10-23/h5-12,22,25H,4,13-19H2,1-3H3,(H,27,29). The SMILES string of the molecule is CCc1ccc(OCC(=O)NC2CCN(CC(COc3ccc(C)cc3)OC)CC2)cc1. The molecule has 0 aromatic heterocycles. The van der Waals surface area contributed by atoms with Crippen molar-refractivity contribution >= 4 is 5.91 Å². The van der Waals surface area contributed by atoms with Gasteiger partial charge in [-0.25, -0.2) is 0 Å². The van der Waals surface area contributed by atoms with E-state index in [1.807, 2.05) is 48.5 Å². The van der Waals surface area contributed by atoms with E-state index < -0.39 is 0 Å². The molecular weight excluding hydrogens is 404 g/mol. The number of hydrogen-bond acceptors (Lipinski definition) is 5. The minimum atomic E-state index is -0.0655. The van der Waals surface area contributed by atoms with Gasteiger partial charge in [0.2, 0.25) is 0 Å². The van der Waals surface area contributed by atoms with E-state index in [9.17, 15) is 4.79 Å². The fourth-order valence-electron chi connectivity index (χ4n) is 3.81. The van der Waals surface area contributed by atoms with Gasteiger partial charge in [-0.15, -0.1) is 0 Å². The third-order valence-electron chi connectivity index (χ3n) is 5.91. The Bertz CT molecular complexity index is 815. The van der Waals surface area contributed by atoms with Gasteiger partial charge in [-0.2, -0.15) is 0 Å². The summed E-state index contributed by atoms with van der Waals surface area (Å²) in [5.74, 6) is 1.53. The normalized spacial score (nSPS) is 15.8. The Hall–Kier alpha value is -2.57. The molecule has 0 spiro atoms. The molecule has 6 heteroatoms. The maximum atomic E-state index is 12.3. The Morgan fingerprint density at radius 2 is 1.66 bits per heavy atom. The van der Waals surface area contributed by atoms with Crippen LogP contribution in [0.1, 0.15) is 30.9 Å². The molecule has 0 saturated carbocycles. The zero-order chi connectivity index (χ0) is 22.8. The molecule has 174 valence electrons. The Kier molecular flexibility index (Phi) is 9.38. The van der Waals surface area contributed by atoms with Gasteiger partial charge in [0.25, 0.3) is 5.91 Å². The van der Waals surface area contributed by atoms with Crippen molar-refractivity contribution in [2.45, 2.75) is 45.3 Å². The van der Waals surface area contributed by atoms with E-state index in [1.54, 1.807) is 7.11 Å². The molecule has 6 nitrogen and oxygen atoms in total. The number of nitrogens with zero attached hydrogens (tertiary/aromatic N) is 1. The van der Waals surface area contributed by atoms with Crippen molar-refractivity contribution in [2.24, 2.45) is 0 Å². The molecule has 1 aliphatic heterocycles. The van der Waals surface area contributed by atoms with Crippen LogP contribution in [0.15, 0.2) is 48.5 Å². The summed E-state index contributed by atoms with van der Waals surface area (Å²) in [6, 6.07) is 16.1. The highest BCUT2D eigenvalue weighted by atomic mass is 16.5. The van der Waals surface area contributed by atoms with Crippen LogP contribution in [0.4, 0.5) is 0 Å². The second-order valence-electron chi connectivity index (χ2n) is 8.41. The number of rotatable bonds is 11. The Morgan fingerprint density at radius 1 is 1.03 bits per heavy atom. The molecule has 32 heavy (non-hydrogen) atoms. The number of methoxy groups -OCH3 is 1. The zero-order valence-corrected chi connectivity index (χ0v) is 19.5. The average molecular weight is 441 g/mol. The van der Waals surface area contributed by atoms with E-state index in [0.717, 1.165) is 50.4 Å².